The van der Waals surface area contributed by atoms with E-state index in [1.807, 2.05) is 37.3 Å². The number of rotatable bonds is 3. The lowest BCUT2D eigenvalue weighted by atomic mass is 9.79. The van der Waals surface area contributed by atoms with Gasteiger partial charge in [0.25, 0.3) is 5.56 Å². The molecule has 0 saturated heterocycles. The summed E-state index contributed by atoms with van der Waals surface area (Å²) >= 11 is 0. The first-order chi connectivity index (χ1) is 15.5. The van der Waals surface area contributed by atoms with Gasteiger partial charge in [-0.25, -0.2) is 0 Å². The zero-order valence-corrected chi connectivity index (χ0v) is 17.1. The van der Waals surface area contributed by atoms with Crippen LogP contribution in [0, 0.1) is 24.2 Å². The third-order valence-corrected chi connectivity index (χ3v) is 5.50. The number of H-pyrrole nitrogens is 1. The lowest BCUT2D eigenvalue weighted by Gasteiger charge is -2.29. The highest BCUT2D eigenvalue weighted by molar-refractivity contribution is 5.98. The number of hydrogen-bond acceptors (Lipinski definition) is 7. The number of amides is 1. The first kappa shape index (κ1) is 19.6. The van der Waals surface area contributed by atoms with Gasteiger partial charge in [-0.3, -0.25) is 14.6 Å². The summed E-state index contributed by atoms with van der Waals surface area (Å²) in [4.78, 5) is 33.0. The van der Waals surface area contributed by atoms with Gasteiger partial charge in [-0.15, -0.1) is 0 Å². The Labute approximate surface area is 183 Å². The Morgan fingerprint density at radius 3 is 2.59 bits per heavy atom. The van der Waals surface area contributed by atoms with Crippen LogP contribution in [0.5, 0.6) is 11.5 Å². The highest BCUT2D eigenvalue weighted by atomic mass is 16.6. The fourth-order valence-corrected chi connectivity index (χ4v) is 3.96. The molecular formula is C23H19N5O4. The molecule has 3 N–H and O–H groups in total. The summed E-state index contributed by atoms with van der Waals surface area (Å²) in [6.45, 7) is 2.82. The van der Waals surface area contributed by atoms with Crippen LogP contribution in [0.25, 0.3) is 0 Å². The van der Waals surface area contributed by atoms with Crippen LogP contribution in [0.3, 0.4) is 0 Å². The second-order valence-corrected chi connectivity index (χ2v) is 7.64. The lowest BCUT2D eigenvalue weighted by Crippen LogP contribution is -2.38. The maximum Gasteiger partial charge on any atom is 0.258 e. The molecule has 0 radical (unpaired) electrons. The van der Waals surface area contributed by atoms with E-state index in [1.165, 1.54) is 0 Å². The summed E-state index contributed by atoms with van der Waals surface area (Å²) in [5.74, 6) is -1.000. The van der Waals surface area contributed by atoms with Crippen molar-refractivity contribution in [2.45, 2.75) is 12.8 Å². The van der Waals surface area contributed by atoms with E-state index in [2.05, 4.69) is 20.6 Å². The van der Waals surface area contributed by atoms with Gasteiger partial charge in [0.2, 0.25) is 11.9 Å². The number of hydrogen-bond donors (Lipinski definition) is 3. The minimum Gasteiger partial charge on any atom is -0.486 e. The van der Waals surface area contributed by atoms with Crippen LogP contribution < -0.4 is 25.7 Å². The fourth-order valence-electron chi connectivity index (χ4n) is 3.96. The van der Waals surface area contributed by atoms with Gasteiger partial charge in [0.15, 0.2) is 11.5 Å². The van der Waals surface area contributed by atoms with Gasteiger partial charge in [-0.05, 0) is 36.8 Å². The number of nitriles is 1. The molecule has 2 aromatic carbocycles. The topological polar surface area (TPSA) is 129 Å². The van der Waals surface area contributed by atoms with E-state index >= 15 is 0 Å². The van der Waals surface area contributed by atoms with E-state index in [9.17, 15) is 14.9 Å². The van der Waals surface area contributed by atoms with Gasteiger partial charge in [0, 0.05) is 11.6 Å². The Bertz CT molecular complexity index is 1310. The zero-order valence-electron chi connectivity index (χ0n) is 17.1. The molecule has 32 heavy (non-hydrogen) atoms. The summed E-state index contributed by atoms with van der Waals surface area (Å²) < 4.78 is 11.2. The van der Waals surface area contributed by atoms with Crippen LogP contribution in [-0.4, -0.2) is 29.1 Å². The number of carbonyl (C=O) groups excluding carboxylic acids is 1. The molecule has 0 fully saturated rings. The van der Waals surface area contributed by atoms with Crippen molar-refractivity contribution in [3.8, 4) is 17.6 Å². The van der Waals surface area contributed by atoms with E-state index in [1.54, 1.807) is 18.2 Å². The Morgan fingerprint density at radius 1 is 1.09 bits per heavy atom. The lowest BCUT2D eigenvalue weighted by molar-refractivity contribution is -0.119. The molecule has 9 heteroatoms. The molecule has 0 bridgehead atoms. The Hall–Kier alpha value is -4.32. The molecule has 5 rings (SSSR count). The van der Waals surface area contributed by atoms with E-state index in [0.717, 1.165) is 11.3 Å². The number of aromatic nitrogens is 2. The number of nitrogens with zero attached hydrogens (tertiary/aromatic N) is 2. The van der Waals surface area contributed by atoms with Crippen molar-refractivity contribution in [3.05, 3.63) is 69.5 Å². The molecule has 2 unspecified atom stereocenters. The van der Waals surface area contributed by atoms with Gasteiger partial charge in [0.1, 0.15) is 24.9 Å². The van der Waals surface area contributed by atoms with Gasteiger partial charge in [-0.2, -0.15) is 10.2 Å². The summed E-state index contributed by atoms with van der Waals surface area (Å²) in [5, 5.41) is 15.4. The molecule has 2 aliphatic heterocycles. The van der Waals surface area contributed by atoms with Crippen molar-refractivity contribution < 1.29 is 14.3 Å². The normalized spacial score (nSPS) is 18.8. The van der Waals surface area contributed by atoms with Gasteiger partial charge in [-0.1, -0.05) is 23.8 Å². The highest BCUT2D eigenvalue weighted by Crippen LogP contribution is 2.41. The van der Waals surface area contributed by atoms with Crippen molar-refractivity contribution in [1.29, 1.82) is 5.26 Å². The fraction of sp³-hybridized carbons (Fsp3) is 0.217. The molecule has 0 saturated carbocycles. The third-order valence-electron chi connectivity index (χ3n) is 5.50. The van der Waals surface area contributed by atoms with Crippen molar-refractivity contribution in [2.24, 2.45) is 5.92 Å². The number of benzene rings is 2. The van der Waals surface area contributed by atoms with Gasteiger partial charge < -0.3 is 20.1 Å². The SMILES string of the molecule is Cc1ccc(Nc2nc3c(c(=O)[nH]2)C(c2ccc4c(c2)OCCO4)C(C#N)C(=O)N3)cc1. The molecule has 9 nitrogen and oxygen atoms in total. The second-order valence-electron chi connectivity index (χ2n) is 7.64. The Balaban J connectivity index is 1.58. The minimum absolute atomic E-state index is 0.125. The number of aryl methyl sites for hydroxylation is 1. The number of nitrogens with one attached hydrogen (secondary N) is 3. The minimum atomic E-state index is -1.09. The van der Waals surface area contributed by atoms with Crippen LogP contribution >= 0.6 is 0 Å². The number of anilines is 3. The average Bonchev–Trinajstić information content (AvgIpc) is 2.79. The third kappa shape index (κ3) is 3.41. The van der Waals surface area contributed by atoms with Crippen LogP contribution in [0.4, 0.5) is 17.5 Å². The second kappa shape index (κ2) is 7.74. The summed E-state index contributed by atoms with van der Waals surface area (Å²) in [6.07, 6.45) is 0. The van der Waals surface area contributed by atoms with Crippen molar-refractivity contribution in [3.63, 3.8) is 0 Å². The Morgan fingerprint density at radius 2 is 1.84 bits per heavy atom. The molecule has 3 heterocycles. The largest absolute Gasteiger partial charge is 0.486 e. The zero-order chi connectivity index (χ0) is 22.2. The molecule has 3 aromatic rings. The quantitative estimate of drug-likeness (QED) is 0.584. The molecule has 2 atom stereocenters. The van der Waals surface area contributed by atoms with E-state index < -0.39 is 23.3 Å². The number of aromatic amines is 1. The first-order valence-corrected chi connectivity index (χ1v) is 10.1. The maximum atomic E-state index is 13.1. The van der Waals surface area contributed by atoms with Crippen molar-refractivity contribution in [1.82, 2.24) is 9.97 Å². The average molecular weight is 429 g/mol. The molecular weight excluding hydrogens is 410 g/mol. The van der Waals surface area contributed by atoms with E-state index in [4.69, 9.17) is 9.47 Å². The smallest absolute Gasteiger partial charge is 0.258 e. The predicted octanol–water partition coefficient (Wildman–Crippen LogP) is 2.82. The summed E-state index contributed by atoms with van der Waals surface area (Å²) in [7, 11) is 0. The summed E-state index contributed by atoms with van der Waals surface area (Å²) in [5.41, 5.74) is 2.22. The van der Waals surface area contributed by atoms with Crippen molar-refractivity contribution >= 4 is 23.4 Å². The maximum absolute atomic E-state index is 13.1. The van der Waals surface area contributed by atoms with Crippen molar-refractivity contribution in [2.75, 3.05) is 23.8 Å². The molecule has 2 aliphatic rings. The first-order valence-electron chi connectivity index (χ1n) is 10.1. The molecule has 0 aliphatic carbocycles. The van der Waals surface area contributed by atoms with Crippen LogP contribution in [-0.2, 0) is 4.79 Å². The monoisotopic (exact) mass is 429 g/mol. The molecule has 0 spiro atoms. The summed E-state index contributed by atoms with van der Waals surface area (Å²) in [6, 6.07) is 14.8. The molecule has 160 valence electrons. The number of carbonyl (C=O) groups is 1. The van der Waals surface area contributed by atoms with E-state index in [-0.39, 0.29) is 17.3 Å². The van der Waals surface area contributed by atoms with E-state index in [0.29, 0.717) is 30.3 Å². The molecule has 1 aromatic heterocycles. The van der Waals surface area contributed by atoms with Crippen LogP contribution in [0.2, 0.25) is 0 Å². The standard InChI is InChI=1S/C23H19N5O4/c1-12-2-5-14(6-3-12)25-23-27-20-19(22(30)28-23)18(15(11-24)21(29)26-20)13-4-7-16-17(10-13)32-9-8-31-16/h2-7,10,15,18H,8-9H2,1H3,(H3,25,26,27,28,29,30). The Kier molecular flexibility index (Phi) is 4.75. The van der Waals surface area contributed by atoms with Crippen LogP contribution in [0.15, 0.2) is 47.3 Å². The highest BCUT2D eigenvalue weighted by Gasteiger charge is 2.40. The van der Waals surface area contributed by atoms with Gasteiger partial charge in [0.05, 0.1) is 11.6 Å². The van der Waals surface area contributed by atoms with Gasteiger partial charge >= 0.3 is 0 Å². The molecule has 1 amide bonds. The predicted molar refractivity (Wildman–Crippen MR) is 116 cm³/mol. The van der Waals surface area contributed by atoms with Crippen LogP contribution in [0.1, 0.15) is 22.6 Å². The number of ether oxygens (including phenoxy) is 2. The number of fused-ring (bicyclic) bond motifs is 2.